The standard InChI is InChI=1S/C7H5IN4S.C2H6/c1-10-7-5(4-9)6(11-12-7)2-3-13-8;1-2/h1H3,(H2,10,11,12);1-2H3. The summed E-state index contributed by atoms with van der Waals surface area (Å²) in [6.07, 6.45) is 0. The number of hydrogen-bond donors (Lipinski definition) is 2. The van der Waals surface area contributed by atoms with E-state index in [-0.39, 0.29) is 0 Å². The number of halogens is 1. The minimum Gasteiger partial charge on any atom is -0.371 e. The maximum absolute atomic E-state index is 8.79. The highest BCUT2D eigenvalue weighted by Gasteiger charge is 2.08. The number of aromatic nitrogens is 2. The van der Waals surface area contributed by atoms with Crippen molar-refractivity contribution >= 4 is 36.0 Å². The van der Waals surface area contributed by atoms with Crippen LogP contribution < -0.4 is 5.32 Å². The van der Waals surface area contributed by atoms with E-state index in [0.717, 1.165) is 0 Å². The lowest BCUT2D eigenvalue weighted by atomic mass is 10.2. The largest absolute Gasteiger partial charge is 0.371 e. The van der Waals surface area contributed by atoms with E-state index < -0.39 is 0 Å². The second-order valence-corrected chi connectivity index (χ2v) is 3.67. The van der Waals surface area contributed by atoms with Gasteiger partial charge in [0.2, 0.25) is 0 Å². The van der Waals surface area contributed by atoms with E-state index in [4.69, 9.17) is 5.26 Å². The molecule has 0 atom stereocenters. The fourth-order valence-corrected chi connectivity index (χ4v) is 1.26. The Morgan fingerprint density at radius 1 is 1.53 bits per heavy atom. The third kappa shape index (κ3) is 4.02. The first-order chi connectivity index (χ1) is 7.33. The molecule has 0 saturated heterocycles. The fourth-order valence-electron chi connectivity index (χ4n) is 0.793. The zero-order valence-electron chi connectivity index (χ0n) is 8.68. The predicted octanol–water partition coefficient (Wildman–Crippen LogP) is 2.74. The van der Waals surface area contributed by atoms with E-state index in [1.54, 1.807) is 7.05 Å². The van der Waals surface area contributed by atoms with Crippen LogP contribution in [-0.4, -0.2) is 17.2 Å². The Bertz CT molecular complexity index is 396. The number of nitrogens with zero attached hydrogens (tertiary/aromatic N) is 2. The zero-order chi connectivity index (χ0) is 11.7. The molecular weight excluding hydrogens is 323 g/mol. The number of nitriles is 1. The highest BCUT2D eigenvalue weighted by Crippen LogP contribution is 2.14. The molecule has 0 aliphatic rings. The van der Waals surface area contributed by atoms with Gasteiger partial charge in [-0.2, -0.15) is 10.4 Å². The molecule has 0 aromatic carbocycles. The van der Waals surface area contributed by atoms with Crippen LogP contribution >= 0.6 is 30.1 Å². The molecule has 0 unspecified atom stereocenters. The lowest BCUT2D eigenvalue weighted by Gasteiger charge is -1.89. The molecule has 1 aromatic rings. The minimum atomic E-state index is 0.459. The Morgan fingerprint density at radius 3 is 2.67 bits per heavy atom. The normalized spacial score (nSPS) is 7.67. The molecule has 6 heteroatoms. The topological polar surface area (TPSA) is 64.5 Å². The van der Waals surface area contributed by atoms with Gasteiger partial charge in [-0.1, -0.05) is 13.8 Å². The number of anilines is 1. The van der Waals surface area contributed by atoms with Crippen LogP contribution in [0.1, 0.15) is 25.1 Å². The van der Waals surface area contributed by atoms with Crippen molar-refractivity contribution in [3.63, 3.8) is 0 Å². The van der Waals surface area contributed by atoms with Gasteiger partial charge in [0.1, 0.15) is 17.3 Å². The molecule has 1 aromatic heterocycles. The molecule has 1 rings (SSSR count). The molecule has 0 aliphatic carbocycles. The summed E-state index contributed by atoms with van der Waals surface area (Å²) < 4.78 is 0. The number of aromatic amines is 1. The van der Waals surface area contributed by atoms with Crippen LogP contribution in [0.4, 0.5) is 5.82 Å². The molecule has 0 bridgehead atoms. The van der Waals surface area contributed by atoms with E-state index in [2.05, 4.69) is 47.9 Å². The highest BCUT2D eigenvalue weighted by atomic mass is 127. The van der Waals surface area contributed by atoms with Crippen molar-refractivity contribution in [1.29, 1.82) is 5.26 Å². The van der Waals surface area contributed by atoms with Gasteiger partial charge in [0.05, 0.1) is 0 Å². The third-order valence-corrected chi connectivity index (χ3v) is 2.17. The van der Waals surface area contributed by atoms with Gasteiger partial charge >= 0.3 is 0 Å². The minimum absolute atomic E-state index is 0.459. The number of rotatable bonds is 1. The summed E-state index contributed by atoms with van der Waals surface area (Å²) in [5.41, 5.74) is 1.01. The quantitative estimate of drug-likeness (QED) is 0.612. The molecule has 0 fully saturated rings. The average molecular weight is 334 g/mol. The van der Waals surface area contributed by atoms with E-state index in [0.29, 0.717) is 17.1 Å². The Labute approximate surface area is 106 Å². The maximum atomic E-state index is 8.79. The van der Waals surface area contributed by atoms with E-state index in [1.807, 2.05) is 19.9 Å². The van der Waals surface area contributed by atoms with Crippen LogP contribution in [0.25, 0.3) is 0 Å². The van der Waals surface area contributed by atoms with Crippen molar-refractivity contribution in [3.8, 4) is 17.2 Å². The molecule has 0 spiro atoms. The monoisotopic (exact) mass is 334 g/mol. The van der Waals surface area contributed by atoms with Crippen molar-refractivity contribution < 1.29 is 0 Å². The Morgan fingerprint density at radius 2 is 2.20 bits per heavy atom. The van der Waals surface area contributed by atoms with Crippen molar-refractivity contribution in [2.24, 2.45) is 0 Å². The Balaban J connectivity index is 0.000000921. The fraction of sp³-hybridized carbons (Fsp3) is 0.333. The molecule has 2 N–H and O–H groups in total. The second kappa shape index (κ2) is 8.45. The van der Waals surface area contributed by atoms with E-state index in [9.17, 15) is 0 Å². The summed E-state index contributed by atoms with van der Waals surface area (Å²) in [5, 5.41) is 20.9. The Kier molecular flexibility index (Phi) is 7.96. The lowest BCUT2D eigenvalue weighted by molar-refractivity contribution is 1.08. The van der Waals surface area contributed by atoms with Crippen LogP contribution in [0.2, 0.25) is 0 Å². The molecule has 4 nitrogen and oxygen atoms in total. The smallest absolute Gasteiger partial charge is 0.166 e. The summed E-state index contributed by atoms with van der Waals surface area (Å²) in [6, 6.07) is 2.03. The number of H-pyrrole nitrogens is 1. The SMILES string of the molecule is CC.CNc1n[nH]c(C#CSI)c1C#N. The van der Waals surface area contributed by atoms with Crippen LogP contribution in [0, 0.1) is 22.5 Å². The number of nitrogens with one attached hydrogen (secondary N) is 2. The molecule has 0 aliphatic heterocycles. The summed E-state index contributed by atoms with van der Waals surface area (Å²) in [4.78, 5) is 0. The van der Waals surface area contributed by atoms with Crippen LogP contribution in [0.5, 0.6) is 0 Å². The van der Waals surface area contributed by atoms with E-state index >= 15 is 0 Å². The summed E-state index contributed by atoms with van der Waals surface area (Å²) in [7, 11) is 3.07. The van der Waals surface area contributed by atoms with Gasteiger partial charge < -0.3 is 5.32 Å². The van der Waals surface area contributed by atoms with Crippen molar-refractivity contribution in [3.05, 3.63) is 11.3 Å². The van der Waals surface area contributed by atoms with Gasteiger partial charge in [0.25, 0.3) is 0 Å². The Hall–Kier alpha value is -0.860. The van der Waals surface area contributed by atoms with Gasteiger partial charge in [-0.25, -0.2) is 0 Å². The van der Waals surface area contributed by atoms with Crippen LogP contribution in [-0.2, 0) is 0 Å². The molecule has 0 amide bonds. The molecule has 15 heavy (non-hydrogen) atoms. The van der Waals surface area contributed by atoms with Crippen molar-refractivity contribution in [2.45, 2.75) is 13.8 Å². The molecule has 0 radical (unpaired) electrons. The van der Waals surface area contributed by atoms with Gasteiger partial charge in [-0.15, -0.1) is 0 Å². The first kappa shape index (κ1) is 14.1. The molecule has 0 saturated carbocycles. The summed E-state index contributed by atoms with van der Waals surface area (Å²) >= 11 is 2.06. The van der Waals surface area contributed by atoms with Crippen LogP contribution in [0.3, 0.4) is 0 Å². The molecule has 1 heterocycles. The van der Waals surface area contributed by atoms with E-state index in [1.165, 1.54) is 8.93 Å². The second-order valence-electron chi connectivity index (χ2n) is 1.99. The predicted molar refractivity (Wildman–Crippen MR) is 72.7 cm³/mol. The van der Waals surface area contributed by atoms with Crippen LogP contribution in [0.15, 0.2) is 0 Å². The molecule has 80 valence electrons. The third-order valence-electron chi connectivity index (χ3n) is 1.33. The highest BCUT2D eigenvalue weighted by molar-refractivity contribution is 14.2. The van der Waals surface area contributed by atoms with Gasteiger partial charge in [0, 0.05) is 28.3 Å². The first-order valence-electron chi connectivity index (χ1n) is 4.28. The lowest BCUT2D eigenvalue weighted by Crippen LogP contribution is -1.90. The van der Waals surface area contributed by atoms with Gasteiger partial charge in [0.15, 0.2) is 5.82 Å². The first-order valence-corrected chi connectivity index (χ1v) is 7.64. The summed E-state index contributed by atoms with van der Waals surface area (Å²) in [6.45, 7) is 4.00. The van der Waals surface area contributed by atoms with Crippen molar-refractivity contribution in [1.82, 2.24) is 10.2 Å². The van der Waals surface area contributed by atoms with Crippen molar-refractivity contribution in [2.75, 3.05) is 12.4 Å². The van der Waals surface area contributed by atoms with Gasteiger partial charge in [-0.05, 0) is 20.1 Å². The molecular formula is C9H11IN4S. The average Bonchev–Trinajstić information content (AvgIpc) is 2.70. The zero-order valence-corrected chi connectivity index (χ0v) is 11.7. The summed E-state index contributed by atoms with van der Waals surface area (Å²) in [5.74, 6) is 3.33. The maximum Gasteiger partial charge on any atom is 0.166 e. The number of hydrogen-bond acceptors (Lipinski definition) is 4. The van der Waals surface area contributed by atoms with Gasteiger partial charge in [-0.3, -0.25) is 5.10 Å².